The summed E-state index contributed by atoms with van der Waals surface area (Å²) in [5.41, 5.74) is 0. The molecular formula is C9H7NO2. The van der Waals surface area contributed by atoms with Gasteiger partial charge in [0.1, 0.15) is 5.75 Å². The van der Waals surface area contributed by atoms with Crippen LogP contribution in [0.1, 0.15) is 0 Å². The van der Waals surface area contributed by atoms with Crippen LogP contribution in [0.3, 0.4) is 0 Å². The summed E-state index contributed by atoms with van der Waals surface area (Å²) in [5, 5.41) is 1.96. The van der Waals surface area contributed by atoms with Gasteiger partial charge < -0.3 is 9.72 Å². The summed E-state index contributed by atoms with van der Waals surface area (Å²) in [4.78, 5) is 13.0. The molecule has 0 bridgehead atoms. The van der Waals surface area contributed by atoms with Crippen LogP contribution >= 0.6 is 0 Å². The maximum absolute atomic E-state index is 10.1. The third kappa shape index (κ3) is 0.955. The first kappa shape index (κ1) is 6.91. The fraction of sp³-hybridized carbons (Fsp3) is 0. The lowest BCUT2D eigenvalue weighted by atomic mass is 10.2. The van der Waals surface area contributed by atoms with Gasteiger partial charge in [-0.1, -0.05) is 12.1 Å². The normalized spacial score (nSPS) is 10.0. The summed E-state index contributed by atoms with van der Waals surface area (Å²) >= 11 is 0. The lowest BCUT2D eigenvalue weighted by molar-refractivity contribution is -0.120. The van der Waals surface area contributed by atoms with Crippen LogP contribution in [0.25, 0.3) is 10.8 Å². The Morgan fingerprint density at radius 3 is 3.08 bits per heavy atom. The molecule has 2 rings (SSSR count). The van der Waals surface area contributed by atoms with E-state index in [0.717, 1.165) is 10.8 Å². The predicted octanol–water partition coefficient (Wildman–Crippen LogP) is 1.70. The van der Waals surface area contributed by atoms with E-state index < -0.39 is 0 Å². The number of hydrogen-bond acceptors (Lipinski definition) is 2. The number of aromatic amines is 1. The van der Waals surface area contributed by atoms with Crippen molar-refractivity contribution in [1.29, 1.82) is 0 Å². The summed E-state index contributed by atoms with van der Waals surface area (Å²) in [6, 6.07) is 5.54. The molecule has 1 aromatic heterocycles. The third-order valence-corrected chi connectivity index (χ3v) is 1.74. The Morgan fingerprint density at radius 1 is 1.33 bits per heavy atom. The van der Waals surface area contributed by atoms with Crippen LogP contribution in [0.5, 0.6) is 5.75 Å². The van der Waals surface area contributed by atoms with Crippen LogP contribution in [-0.4, -0.2) is 11.5 Å². The van der Waals surface area contributed by atoms with Crippen LogP contribution in [0, 0.1) is 0 Å². The summed E-state index contributed by atoms with van der Waals surface area (Å²) in [7, 11) is 0. The lowest BCUT2D eigenvalue weighted by Gasteiger charge is -1.97. The van der Waals surface area contributed by atoms with Crippen LogP contribution in [0.2, 0.25) is 0 Å². The van der Waals surface area contributed by atoms with Crippen molar-refractivity contribution in [2.75, 3.05) is 0 Å². The van der Waals surface area contributed by atoms with Gasteiger partial charge in [0.15, 0.2) is 0 Å². The number of aromatic nitrogens is 1. The number of nitrogens with one attached hydrogen (secondary N) is 1. The first-order chi connectivity index (χ1) is 5.92. The Hall–Kier alpha value is -1.77. The van der Waals surface area contributed by atoms with Gasteiger partial charge in [-0.2, -0.15) is 0 Å². The molecule has 0 amide bonds. The third-order valence-electron chi connectivity index (χ3n) is 1.74. The molecule has 3 heteroatoms. The molecule has 60 valence electrons. The summed E-state index contributed by atoms with van der Waals surface area (Å²) < 4.78 is 4.78. The minimum atomic E-state index is 0.432. The van der Waals surface area contributed by atoms with Gasteiger partial charge in [0.25, 0.3) is 6.47 Å². The maximum Gasteiger partial charge on any atom is 0.298 e. The number of hydrogen-bond donors (Lipinski definition) is 1. The number of benzene rings is 1. The van der Waals surface area contributed by atoms with Gasteiger partial charge in [-0.15, -0.1) is 0 Å². The highest BCUT2D eigenvalue weighted by molar-refractivity contribution is 5.88. The summed E-state index contributed by atoms with van der Waals surface area (Å²) in [6.45, 7) is 0.432. The van der Waals surface area contributed by atoms with Gasteiger partial charge in [0, 0.05) is 23.2 Å². The second-order valence-corrected chi connectivity index (χ2v) is 2.43. The van der Waals surface area contributed by atoms with E-state index in [1.54, 1.807) is 12.3 Å². The van der Waals surface area contributed by atoms with Gasteiger partial charge in [-0.3, -0.25) is 4.79 Å². The number of carbonyl (C=O) groups excluding carboxylic acids is 1. The molecule has 0 aliphatic carbocycles. The standard InChI is InChI=1S/C9H7NO2/c11-6-12-9-3-1-2-7-4-10-5-8(7)9/h1-6,10H. The van der Waals surface area contributed by atoms with E-state index in [2.05, 4.69) is 4.98 Å². The van der Waals surface area contributed by atoms with Gasteiger partial charge >= 0.3 is 0 Å². The van der Waals surface area contributed by atoms with Crippen molar-refractivity contribution < 1.29 is 9.53 Å². The molecule has 0 saturated heterocycles. The van der Waals surface area contributed by atoms with Crippen molar-refractivity contribution in [1.82, 2.24) is 4.98 Å². The van der Waals surface area contributed by atoms with Crippen molar-refractivity contribution in [3.8, 4) is 5.75 Å². The van der Waals surface area contributed by atoms with Crippen LogP contribution < -0.4 is 4.74 Å². The molecule has 1 heterocycles. The summed E-state index contributed by atoms with van der Waals surface area (Å²) in [5.74, 6) is 0.587. The fourth-order valence-corrected chi connectivity index (χ4v) is 1.21. The van der Waals surface area contributed by atoms with Crippen molar-refractivity contribution in [3.63, 3.8) is 0 Å². The van der Waals surface area contributed by atoms with E-state index in [0.29, 0.717) is 12.2 Å². The highest BCUT2D eigenvalue weighted by Gasteiger charge is 2.00. The molecule has 1 aromatic carbocycles. The second kappa shape index (κ2) is 2.70. The Kier molecular flexibility index (Phi) is 1.55. The first-order valence-corrected chi connectivity index (χ1v) is 3.57. The molecular weight excluding hydrogens is 154 g/mol. The zero-order valence-corrected chi connectivity index (χ0v) is 6.28. The van der Waals surface area contributed by atoms with Crippen molar-refractivity contribution >= 4 is 17.2 Å². The van der Waals surface area contributed by atoms with Crippen molar-refractivity contribution in [3.05, 3.63) is 30.6 Å². The SMILES string of the molecule is O=COc1cccc2c[nH]cc12. The number of fused-ring (bicyclic) bond motifs is 1. The van der Waals surface area contributed by atoms with E-state index in [4.69, 9.17) is 4.74 Å². The quantitative estimate of drug-likeness (QED) is 0.681. The molecule has 0 aliphatic rings. The maximum atomic E-state index is 10.1. The predicted molar refractivity (Wildman–Crippen MR) is 45.0 cm³/mol. The first-order valence-electron chi connectivity index (χ1n) is 3.57. The molecule has 0 fully saturated rings. The molecule has 1 N–H and O–H groups in total. The smallest absolute Gasteiger partial charge is 0.298 e. The van der Waals surface area contributed by atoms with Gasteiger partial charge in [0.2, 0.25) is 0 Å². The minimum Gasteiger partial charge on any atom is -0.428 e. The van der Waals surface area contributed by atoms with E-state index in [1.807, 2.05) is 18.3 Å². The Morgan fingerprint density at radius 2 is 2.25 bits per heavy atom. The van der Waals surface area contributed by atoms with Gasteiger partial charge in [0.05, 0.1) is 0 Å². The summed E-state index contributed by atoms with van der Waals surface area (Å²) in [6.07, 6.45) is 3.65. The Labute approximate surface area is 69.0 Å². The molecule has 3 nitrogen and oxygen atoms in total. The Balaban J connectivity index is 2.65. The minimum absolute atomic E-state index is 0.432. The van der Waals surface area contributed by atoms with Crippen LogP contribution in [-0.2, 0) is 4.79 Å². The van der Waals surface area contributed by atoms with E-state index in [9.17, 15) is 4.79 Å². The molecule has 0 saturated carbocycles. The van der Waals surface area contributed by atoms with Gasteiger partial charge in [-0.05, 0) is 6.07 Å². The topological polar surface area (TPSA) is 42.1 Å². The van der Waals surface area contributed by atoms with Crippen LogP contribution in [0.4, 0.5) is 0 Å². The fourth-order valence-electron chi connectivity index (χ4n) is 1.21. The molecule has 0 unspecified atom stereocenters. The van der Waals surface area contributed by atoms with Crippen molar-refractivity contribution in [2.24, 2.45) is 0 Å². The number of ether oxygens (including phenoxy) is 1. The molecule has 0 spiro atoms. The second-order valence-electron chi connectivity index (χ2n) is 2.43. The Bertz CT molecular complexity index is 406. The zero-order valence-electron chi connectivity index (χ0n) is 6.28. The highest BCUT2D eigenvalue weighted by atomic mass is 16.5. The lowest BCUT2D eigenvalue weighted by Crippen LogP contribution is -1.87. The zero-order chi connectivity index (χ0) is 8.39. The average molecular weight is 161 g/mol. The van der Waals surface area contributed by atoms with Crippen molar-refractivity contribution in [2.45, 2.75) is 0 Å². The molecule has 12 heavy (non-hydrogen) atoms. The largest absolute Gasteiger partial charge is 0.428 e. The average Bonchev–Trinajstić information content (AvgIpc) is 2.53. The van der Waals surface area contributed by atoms with Gasteiger partial charge in [-0.25, -0.2) is 0 Å². The van der Waals surface area contributed by atoms with Crippen LogP contribution in [0.15, 0.2) is 30.6 Å². The number of H-pyrrole nitrogens is 1. The molecule has 0 aliphatic heterocycles. The molecule has 0 radical (unpaired) electrons. The number of rotatable bonds is 2. The molecule has 2 aromatic rings. The molecule has 0 atom stereocenters. The highest BCUT2D eigenvalue weighted by Crippen LogP contribution is 2.24. The van der Waals surface area contributed by atoms with E-state index in [-0.39, 0.29) is 0 Å². The monoisotopic (exact) mass is 161 g/mol. The van der Waals surface area contributed by atoms with E-state index in [1.165, 1.54) is 0 Å². The van der Waals surface area contributed by atoms with E-state index >= 15 is 0 Å². The number of carbonyl (C=O) groups is 1.